The maximum absolute atomic E-state index is 14.1. The van der Waals surface area contributed by atoms with Crippen molar-refractivity contribution < 1.29 is 13.6 Å². The number of anilines is 1. The number of rotatable bonds is 4. The molecule has 1 aliphatic carbocycles. The molecule has 1 N–H and O–H groups in total. The van der Waals surface area contributed by atoms with Crippen LogP contribution in [0.25, 0.3) is 0 Å². The minimum Gasteiger partial charge on any atom is -0.299 e. The molecule has 1 aromatic carbocycles. The van der Waals surface area contributed by atoms with Crippen LogP contribution in [0.15, 0.2) is 40.0 Å². The van der Waals surface area contributed by atoms with Crippen LogP contribution in [0.4, 0.5) is 19.3 Å². The standard InChI is InChI=1S/C24H28F2N4OS/c25-18-12-19(26)14-21(13-18)30-23(31)28-22(27-20-4-2-1-3-5-20)24(30)7-9-29(10-8-24)15-17-6-11-32-16-17/h6,11-14,16,20H,1-5,7-10,15H2,(H,27,28,31). The van der Waals surface area contributed by atoms with E-state index in [-0.39, 0.29) is 17.8 Å². The average molecular weight is 459 g/mol. The molecule has 1 aromatic heterocycles. The number of hydrogen-bond acceptors (Lipinski definition) is 4. The number of amides is 2. The number of halogens is 2. The zero-order chi connectivity index (χ0) is 22.1. The number of thiophene rings is 1. The molecule has 0 unspecified atom stereocenters. The first-order valence-electron chi connectivity index (χ1n) is 11.4. The van der Waals surface area contributed by atoms with Crippen LogP contribution in [-0.4, -0.2) is 41.4 Å². The fourth-order valence-electron chi connectivity index (χ4n) is 5.33. The second-order valence-electron chi connectivity index (χ2n) is 9.10. The first-order chi connectivity index (χ1) is 15.5. The van der Waals surface area contributed by atoms with E-state index in [4.69, 9.17) is 4.99 Å². The lowest BCUT2D eigenvalue weighted by Gasteiger charge is -2.43. The molecular weight excluding hydrogens is 430 g/mol. The van der Waals surface area contributed by atoms with Gasteiger partial charge >= 0.3 is 6.03 Å². The van der Waals surface area contributed by atoms with Crippen molar-refractivity contribution in [2.24, 2.45) is 4.99 Å². The lowest BCUT2D eigenvalue weighted by Crippen LogP contribution is -2.57. The normalized spacial score (nSPS) is 23.2. The van der Waals surface area contributed by atoms with Crippen molar-refractivity contribution in [1.29, 1.82) is 0 Å². The van der Waals surface area contributed by atoms with E-state index < -0.39 is 17.2 Å². The van der Waals surface area contributed by atoms with E-state index in [2.05, 4.69) is 27.0 Å². The summed E-state index contributed by atoms with van der Waals surface area (Å²) in [6.45, 7) is 2.43. The van der Waals surface area contributed by atoms with Crippen molar-refractivity contribution in [2.45, 2.75) is 63.1 Å². The number of hydrogen-bond donors (Lipinski definition) is 1. The van der Waals surface area contributed by atoms with E-state index in [1.807, 2.05) is 0 Å². The predicted molar refractivity (Wildman–Crippen MR) is 123 cm³/mol. The van der Waals surface area contributed by atoms with Gasteiger partial charge in [0.25, 0.3) is 0 Å². The van der Waals surface area contributed by atoms with Crippen molar-refractivity contribution in [2.75, 3.05) is 18.0 Å². The van der Waals surface area contributed by atoms with E-state index in [1.165, 1.54) is 24.1 Å². The quantitative estimate of drug-likeness (QED) is 0.674. The third-order valence-electron chi connectivity index (χ3n) is 6.96. The summed E-state index contributed by atoms with van der Waals surface area (Å²) >= 11 is 1.69. The molecule has 2 amide bonds. The van der Waals surface area contributed by atoms with Gasteiger partial charge in [0.2, 0.25) is 0 Å². The molecule has 1 spiro atoms. The zero-order valence-corrected chi connectivity index (χ0v) is 18.8. The molecule has 0 bridgehead atoms. The summed E-state index contributed by atoms with van der Waals surface area (Å²) < 4.78 is 28.1. The third kappa shape index (κ3) is 4.18. The van der Waals surface area contributed by atoms with Gasteiger partial charge in [-0.3, -0.25) is 20.1 Å². The minimum atomic E-state index is -0.695. The Hall–Kier alpha value is -2.32. The lowest BCUT2D eigenvalue weighted by atomic mass is 9.84. The Labute approximate surface area is 191 Å². The summed E-state index contributed by atoms with van der Waals surface area (Å²) in [5, 5.41) is 7.22. The van der Waals surface area contributed by atoms with E-state index in [1.54, 1.807) is 16.2 Å². The molecule has 0 atom stereocenters. The van der Waals surface area contributed by atoms with Gasteiger partial charge in [0.05, 0.1) is 11.7 Å². The fourth-order valence-corrected chi connectivity index (χ4v) is 5.99. The Kier molecular flexibility index (Phi) is 5.99. The van der Waals surface area contributed by atoms with Gasteiger partial charge in [0.15, 0.2) is 0 Å². The molecule has 8 heteroatoms. The number of nitrogens with zero attached hydrogens (tertiary/aromatic N) is 3. The molecular formula is C24H28F2N4OS. The Balaban J connectivity index is 1.47. The molecule has 1 saturated carbocycles. The number of aliphatic imine (C=N–C) groups is 1. The number of benzene rings is 1. The van der Waals surface area contributed by atoms with Crippen molar-refractivity contribution in [1.82, 2.24) is 10.2 Å². The highest BCUT2D eigenvalue weighted by Gasteiger charge is 2.53. The Morgan fingerprint density at radius 2 is 1.81 bits per heavy atom. The van der Waals surface area contributed by atoms with Gasteiger partial charge in [0.1, 0.15) is 23.0 Å². The molecule has 170 valence electrons. The van der Waals surface area contributed by atoms with Crippen LogP contribution < -0.4 is 10.2 Å². The maximum atomic E-state index is 14.1. The average Bonchev–Trinajstić information content (AvgIpc) is 3.36. The monoisotopic (exact) mass is 458 g/mol. The SMILES string of the molecule is O=C1NC(=NC2CCCCC2)C2(CCN(Cc3ccsc3)CC2)N1c1cc(F)cc(F)c1. The van der Waals surface area contributed by atoms with Crippen LogP contribution in [-0.2, 0) is 6.54 Å². The third-order valence-corrected chi connectivity index (χ3v) is 7.69. The van der Waals surface area contributed by atoms with Gasteiger partial charge in [-0.05, 0) is 60.2 Å². The highest BCUT2D eigenvalue weighted by Crippen LogP contribution is 2.39. The van der Waals surface area contributed by atoms with Gasteiger partial charge in [-0.2, -0.15) is 11.3 Å². The van der Waals surface area contributed by atoms with Crippen molar-refractivity contribution in [3.05, 3.63) is 52.2 Å². The van der Waals surface area contributed by atoms with Crippen molar-refractivity contribution in [3.63, 3.8) is 0 Å². The summed E-state index contributed by atoms with van der Waals surface area (Å²) in [6.07, 6.45) is 6.90. The van der Waals surface area contributed by atoms with Crippen LogP contribution in [0.3, 0.4) is 0 Å². The Morgan fingerprint density at radius 3 is 2.47 bits per heavy atom. The number of nitrogens with one attached hydrogen (secondary N) is 1. The molecule has 3 heterocycles. The summed E-state index contributed by atoms with van der Waals surface area (Å²) in [6, 6.07) is 5.30. The molecule has 32 heavy (non-hydrogen) atoms. The van der Waals surface area contributed by atoms with Crippen LogP contribution in [0.5, 0.6) is 0 Å². The van der Waals surface area contributed by atoms with Gasteiger partial charge in [-0.15, -0.1) is 0 Å². The van der Waals surface area contributed by atoms with Gasteiger partial charge in [-0.25, -0.2) is 13.6 Å². The van der Waals surface area contributed by atoms with E-state index >= 15 is 0 Å². The van der Waals surface area contributed by atoms with Crippen LogP contribution in [0.1, 0.15) is 50.5 Å². The van der Waals surface area contributed by atoms with Crippen molar-refractivity contribution >= 4 is 28.9 Å². The minimum absolute atomic E-state index is 0.198. The smallest absolute Gasteiger partial charge is 0.299 e. The second-order valence-corrected chi connectivity index (χ2v) is 9.88. The number of carbonyl (C=O) groups excluding carboxylic acids is 1. The van der Waals surface area contributed by atoms with Gasteiger partial charge < -0.3 is 0 Å². The van der Waals surface area contributed by atoms with E-state index in [9.17, 15) is 13.6 Å². The van der Waals surface area contributed by atoms with Crippen molar-refractivity contribution in [3.8, 4) is 0 Å². The predicted octanol–water partition coefficient (Wildman–Crippen LogP) is 5.32. The van der Waals surface area contributed by atoms with E-state index in [0.717, 1.165) is 51.4 Å². The molecule has 2 aromatic rings. The molecule has 5 nitrogen and oxygen atoms in total. The van der Waals surface area contributed by atoms with Crippen LogP contribution >= 0.6 is 11.3 Å². The number of piperidine rings is 1. The second kappa shape index (κ2) is 8.90. The Morgan fingerprint density at radius 1 is 1.09 bits per heavy atom. The molecule has 3 fully saturated rings. The highest BCUT2D eigenvalue weighted by molar-refractivity contribution is 7.07. The summed E-state index contributed by atoms with van der Waals surface area (Å²) in [4.78, 5) is 22.1. The van der Waals surface area contributed by atoms with Crippen LogP contribution in [0, 0.1) is 11.6 Å². The first-order valence-corrected chi connectivity index (χ1v) is 12.4. The molecule has 5 rings (SSSR count). The molecule has 0 radical (unpaired) electrons. The zero-order valence-electron chi connectivity index (χ0n) is 18.0. The topological polar surface area (TPSA) is 47.9 Å². The van der Waals surface area contributed by atoms with Crippen LogP contribution in [0.2, 0.25) is 0 Å². The van der Waals surface area contributed by atoms with Gasteiger partial charge in [-0.1, -0.05) is 19.3 Å². The molecule has 2 saturated heterocycles. The fraction of sp³-hybridized carbons (Fsp3) is 0.500. The van der Waals surface area contributed by atoms with Gasteiger partial charge in [0, 0.05) is 25.7 Å². The molecule has 2 aliphatic heterocycles. The summed E-state index contributed by atoms with van der Waals surface area (Å²) in [7, 11) is 0. The number of urea groups is 1. The Bertz CT molecular complexity index is 975. The number of amidine groups is 1. The largest absolute Gasteiger partial charge is 0.328 e. The summed E-state index contributed by atoms with van der Waals surface area (Å²) in [5.41, 5.74) is 0.840. The lowest BCUT2D eigenvalue weighted by molar-refractivity contribution is 0.184. The highest BCUT2D eigenvalue weighted by atomic mass is 32.1. The summed E-state index contributed by atoms with van der Waals surface area (Å²) in [5.74, 6) is -0.694. The maximum Gasteiger partial charge on any atom is 0.328 e. The molecule has 3 aliphatic rings. The van der Waals surface area contributed by atoms with E-state index in [0.29, 0.717) is 18.7 Å². The number of carbonyl (C=O) groups is 1. The first kappa shape index (κ1) is 21.5. The number of likely N-dealkylation sites (tertiary alicyclic amines) is 1.